The first-order valence-corrected chi connectivity index (χ1v) is 6.46. The van der Waals surface area contributed by atoms with Crippen molar-refractivity contribution in [2.75, 3.05) is 0 Å². The molecule has 1 aliphatic heterocycles. The Balaban J connectivity index is 2.19. The Morgan fingerprint density at radius 2 is 2.00 bits per heavy atom. The summed E-state index contributed by atoms with van der Waals surface area (Å²) in [5.74, 6) is -0.830. The van der Waals surface area contributed by atoms with E-state index in [0.29, 0.717) is 16.7 Å². The van der Waals surface area contributed by atoms with Crippen LogP contribution < -0.4 is 10.4 Å². The Bertz CT molecular complexity index is 919. The third-order valence-corrected chi connectivity index (χ3v) is 3.95. The highest BCUT2D eigenvalue weighted by Crippen LogP contribution is 2.42. The second-order valence-electron chi connectivity index (χ2n) is 5.01. The van der Waals surface area contributed by atoms with Crippen LogP contribution in [0.3, 0.4) is 0 Å². The van der Waals surface area contributed by atoms with Gasteiger partial charge in [-0.1, -0.05) is 24.3 Å². The van der Waals surface area contributed by atoms with Gasteiger partial charge in [0.25, 0.3) is 0 Å². The number of carbonyl (C=O) groups excluding carboxylic acids is 1. The first kappa shape index (κ1) is 11.8. The first-order chi connectivity index (χ1) is 10.2. The fourth-order valence-electron chi connectivity index (χ4n) is 3.05. The summed E-state index contributed by atoms with van der Waals surface area (Å²) in [4.78, 5) is 12.3. The summed E-state index contributed by atoms with van der Waals surface area (Å²) in [7, 11) is 0. The summed E-state index contributed by atoms with van der Waals surface area (Å²) >= 11 is 0. The van der Waals surface area contributed by atoms with Gasteiger partial charge in [-0.2, -0.15) is 0 Å². The van der Waals surface area contributed by atoms with Gasteiger partial charge in [0.05, 0.1) is 11.5 Å². The number of aliphatic hydroxyl groups excluding tert-OH is 1. The predicted octanol–water partition coefficient (Wildman–Crippen LogP) is 1.43. The summed E-state index contributed by atoms with van der Waals surface area (Å²) in [6.07, 6.45) is 5.04. The summed E-state index contributed by atoms with van der Waals surface area (Å²) in [5.41, 5.74) is 8.92. The van der Waals surface area contributed by atoms with Crippen LogP contribution in [0.5, 0.6) is 0 Å². The van der Waals surface area contributed by atoms with Gasteiger partial charge in [-0.05, 0) is 28.7 Å². The lowest BCUT2D eigenvalue weighted by Crippen LogP contribution is -2.40. The molecule has 5 heteroatoms. The summed E-state index contributed by atoms with van der Waals surface area (Å²) in [5, 5.41) is 15.1. The number of rotatable bonds is 1. The summed E-state index contributed by atoms with van der Waals surface area (Å²) < 4.78 is 5.16. The maximum atomic E-state index is 12.3. The molecule has 4 rings (SSSR count). The molecule has 1 unspecified atom stereocenters. The fourth-order valence-corrected chi connectivity index (χ4v) is 3.05. The van der Waals surface area contributed by atoms with Crippen molar-refractivity contribution in [1.29, 1.82) is 5.53 Å². The van der Waals surface area contributed by atoms with Crippen molar-refractivity contribution >= 4 is 17.6 Å². The second kappa shape index (κ2) is 4.02. The number of fused-ring (bicyclic) bond motifs is 1. The van der Waals surface area contributed by atoms with Gasteiger partial charge in [-0.15, -0.1) is 5.11 Å². The van der Waals surface area contributed by atoms with E-state index in [1.54, 1.807) is 6.08 Å². The number of esters is 1. The standard InChI is InChI=1S/C16H10N2O3/c17-18-15-10-5-6-12(19)11-7-8-3-1-2-4-9(8)14(13(10)11)16(20)21-15/h1-7,13,17,19H. The SMILES string of the molecule is N=NC1=C2C=CC(O)=C3C=c4ccccc4=C(C(=O)O1)C32. The number of nitrogens with zero attached hydrogens (tertiary/aromatic N) is 1. The van der Waals surface area contributed by atoms with E-state index < -0.39 is 11.9 Å². The van der Waals surface area contributed by atoms with Crippen molar-refractivity contribution in [1.82, 2.24) is 0 Å². The molecule has 1 atom stereocenters. The van der Waals surface area contributed by atoms with E-state index in [4.69, 9.17) is 10.3 Å². The van der Waals surface area contributed by atoms with Gasteiger partial charge in [-0.3, -0.25) is 0 Å². The molecular formula is C16H10N2O3. The monoisotopic (exact) mass is 278 g/mol. The summed E-state index contributed by atoms with van der Waals surface area (Å²) in [6, 6.07) is 7.48. The molecule has 1 heterocycles. The van der Waals surface area contributed by atoms with Crippen LogP contribution in [0.4, 0.5) is 0 Å². The van der Waals surface area contributed by atoms with Crippen LogP contribution in [0.15, 0.2) is 64.3 Å². The van der Waals surface area contributed by atoms with Crippen LogP contribution in [-0.2, 0) is 9.53 Å². The lowest BCUT2D eigenvalue weighted by atomic mass is 9.75. The molecule has 1 aromatic carbocycles. The molecule has 0 fully saturated rings. The van der Waals surface area contributed by atoms with Gasteiger partial charge in [0.2, 0.25) is 5.88 Å². The van der Waals surface area contributed by atoms with E-state index in [1.807, 2.05) is 30.3 Å². The molecule has 0 radical (unpaired) electrons. The first-order valence-electron chi connectivity index (χ1n) is 6.46. The number of benzene rings is 1. The van der Waals surface area contributed by atoms with Gasteiger partial charge in [0.15, 0.2) is 0 Å². The van der Waals surface area contributed by atoms with Gasteiger partial charge in [0, 0.05) is 11.1 Å². The number of ether oxygens (including phenoxy) is 1. The number of hydrogen-bond acceptors (Lipinski definition) is 5. The molecule has 1 aromatic rings. The molecular weight excluding hydrogens is 268 g/mol. The third-order valence-electron chi connectivity index (χ3n) is 3.95. The van der Waals surface area contributed by atoms with Crippen molar-refractivity contribution in [3.63, 3.8) is 0 Å². The fraction of sp³-hybridized carbons (Fsp3) is 0.0625. The molecule has 0 saturated carbocycles. The van der Waals surface area contributed by atoms with Crippen LogP contribution in [0.1, 0.15) is 0 Å². The van der Waals surface area contributed by atoms with Crippen molar-refractivity contribution in [2.24, 2.45) is 11.0 Å². The molecule has 0 aromatic heterocycles. The van der Waals surface area contributed by atoms with Crippen molar-refractivity contribution < 1.29 is 14.6 Å². The van der Waals surface area contributed by atoms with Gasteiger partial charge < -0.3 is 9.84 Å². The van der Waals surface area contributed by atoms with E-state index in [-0.39, 0.29) is 11.6 Å². The maximum absolute atomic E-state index is 12.3. The molecule has 0 bridgehead atoms. The Morgan fingerprint density at radius 3 is 2.81 bits per heavy atom. The lowest BCUT2D eigenvalue weighted by Gasteiger charge is -2.31. The topological polar surface area (TPSA) is 82.7 Å². The minimum atomic E-state index is -0.518. The smallest absolute Gasteiger partial charge is 0.342 e. The van der Waals surface area contributed by atoms with Crippen molar-refractivity contribution in [3.8, 4) is 0 Å². The zero-order valence-electron chi connectivity index (χ0n) is 10.8. The summed E-state index contributed by atoms with van der Waals surface area (Å²) in [6.45, 7) is 0. The average molecular weight is 278 g/mol. The highest BCUT2D eigenvalue weighted by atomic mass is 16.5. The number of nitrogens with one attached hydrogen (secondary N) is 1. The van der Waals surface area contributed by atoms with Crippen LogP contribution in [0.25, 0.3) is 11.6 Å². The molecule has 2 aliphatic carbocycles. The van der Waals surface area contributed by atoms with Gasteiger partial charge in [-0.25, -0.2) is 10.3 Å². The number of carbonyl (C=O) groups is 1. The highest BCUT2D eigenvalue weighted by molar-refractivity contribution is 6.15. The van der Waals surface area contributed by atoms with E-state index >= 15 is 0 Å². The number of hydrogen-bond donors (Lipinski definition) is 2. The minimum absolute atomic E-state index is 0.0113. The molecule has 2 N–H and O–H groups in total. The minimum Gasteiger partial charge on any atom is -0.508 e. The number of allylic oxidation sites excluding steroid dienone is 4. The van der Waals surface area contributed by atoms with Gasteiger partial charge in [0.1, 0.15) is 5.76 Å². The zero-order valence-corrected chi connectivity index (χ0v) is 10.8. The molecule has 0 amide bonds. The Hall–Kier alpha value is -2.95. The number of aliphatic hydroxyl groups is 1. The van der Waals surface area contributed by atoms with Crippen LogP contribution in [0.2, 0.25) is 0 Å². The van der Waals surface area contributed by atoms with Crippen molar-refractivity contribution in [3.05, 3.63) is 69.6 Å². The number of cyclic esters (lactones) is 1. The van der Waals surface area contributed by atoms with Gasteiger partial charge >= 0.3 is 5.97 Å². The quantitative estimate of drug-likeness (QED) is 0.602. The van der Waals surface area contributed by atoms with Crippen molar-refractivity contribution in [2.45, 2.75) is 0 Å². The van der Waals surface area contributed by atoms with Crippen LogP contribution >= 0.6 is 0 Å². The molecule has 102 valence electrons. The van der Waals surface area contributed by atoms with E-state index in [2.05, 4.69) is 5.11 Å². The Labute approximate surface area is 119 Å². The largest absolute Gasteiger partial charge is 0.508 e. The third kappa shape index (κ3) is 1.48. The van der Waals surface area contributed by atoms with E-state index in [1.165, 1.54) is 6.08 Å². The van der Waals surface area contributed by atoms with E-state index in [0.717, 1.165) is 10.4 Å². The molecule has 21 heavy (non-hydrogen) atoms. The average Bonchev–Trinajstić information content (AvgIpc) is 2.51. The predicted molar refractivity (Wildman–Crippen MR) is 74.1 cm³/mol. The van der Waals surface area contributed by atoms with E-state index in [9.17, 15) is 9.90 Å². The molecule has 0 saturated heterocycles. The second-order valence-corrected chi connectivity index (χ2v) is 5.01. The maximum Gasteiger partial charge on any atom is 0.342 e. The molecule has 0 spiro atoms. The highest BCUT2D eigenvalue weighted by Gasteiger charge is 2.40. The zero-order chi connectivity index (χ0) is 14.6. The van der Waals surface area contributed by atoms with Crippen LogP contribution in [0, 0.1) is 11.4 Å². The molecule has 5 nitrogen and oxygen atoms in total. The van der Waals surface area contributed by atoms with Crippen LogP contribution in [-0.4, -0.2) is 11.1 Å². The Morgan fingerprint density at radius 1 is 1.19 bits per heavy atom. The lowest BCUT2D eigenvalue weighted by molar-refractivity contribution is -0.134. The Kier molecular flexibility index (Phi) is 2.27. The molecule has 3 aliphatic rings. The normalized spacial score (nSPS) is 22.4.